The molecule has 96 valence electrons. The third-order valence-corrected chi connectivity index (χ3v) is 3.04. The molecule has 0 aliphatic rings. The van der Waals surface area contributed by atoms with E-state index in [2.05, 4.69) is 9.71 Å². The van der Waals surface area contributed by atoms with Crippen LogP contribution >= 0.6 is 0 Å². The standard InChI is InChI=1S/C12H14N2O3S/c1-18(15,16)14-7-8-17-11-4-5-12-10(9-11)3-2-6-13-12/h2-6,9,14H,7-8H2,1H3. The molecule has 6 heteroatoms. The van der Waals surface area contributed by atoms with Gasteiger partial charge in [-0.2, -0.15) is 0 Å². The van der Waals surface area contributed by atoms with Crippen LogP contribution in [0, 0.1) is 0 Å². The smallest absolute Gasteiger partial charge is 0.208 e. The van der Waals surface area contributed by atoms with Crippen molar-refractivity contribution in [2.75, 3.05) is 19.4 Å². The van der Waals surface area contributed by atoms with Gasteiger partial charge in [-0.05, 0) is 24.3 Å². The van der Waals surface area contributed by atoms with Crippen LogP contribution in [0.3, 0.4) is 0 Å². The first-order valence-corrected chi connectivity index (χ1v) is 7.36. The molecule has 0 spiro atoms. The number of rotatable bonds is 5. The summed E-state index contributed by atoms with van der Waals surface area (Å²) in [6, 6.07) is 9.37. The van der Waals surface area contributed by atoms with Gasteiger partial charge in [0, 0.05) is 18.1 Å². The molecule has 0 bridgehead atoms. The molecule has 1 N–H and O–H groups in total. The summed E-state index contributed by atoms with van der Waals surface area (Å²) in [5.41, 5.74) is 0.902. The first-order valence-electron chi connectivity index (χ1n) is 5.47. The summed E-state index contributed by atoms with van der Waals surface area (Å²) >= 11 is 0. The molecule has 0 aliphatic heterocycles. The van der Waals surface area contributed by atoms with Crippen LogP contribution in [-0.4, -0.2) is 32.8 Å². The molecule has 0 fully saturated rings. The number of nitrogens with zero attached hydrogens (tertiary/aromatic N) is 1. The third kappa shape index (κ3) is 3.68. The van der Waals surface area contributed by atoms with E-state index in [0.29, 0.717) is 12.4 Å². The predicted molar refractivity (Wildman–Crippen MR) is 70.1 cm³/mol. The number of benzene rings is 1. The summed E-state index contributed by atoms with van der Waals surface area (Å²) in [5, 5.41) is 0.992. The number of nitrogens with one attached hydrogen (secondary N) is 1. The molecule has 2 rings (SSSR count). The van der Waals surface area contributed by atoms with E-state index in [4.69, 9.17) is 4.74 Å². The molecule has 2 aromatic rings. The zero-order chi connectivity index (χ0) is 13.0. The lowest BCUT2D eigenvalue weighted by atomic mass is 10.2. The van der Waals surface area contributed by atoms with Gasteiger partial charge in [0.05, 0.1) is 11.8 Å². The van der Waals surface area contributed by atoms with Crippen LogP contribution in [0.4, 0.5) is 0 Å². The molecule has 0 aliphatic carbocycles. The van der Waals surface area contributed by atoms with E-state index >= 15 is 0 Å². The highest BCUT2D eigenvalue weighted by atomic mass is 32.2. The van der Waals surface area contributed by atoms with Gasteiger partial charge >= 0.3 is 0 Å². The Bertz CT molecular complexity index is 641. The van der Waals surface area contributed by atoms with Gasteiger partial charge in [-0.25, -0.2) is 13.1 Å². The SMILES string of the molecule is CS(=O)(=O)NCCOc1ccc2ncccc2c1. The maximum Gasteiger partial charge on any atom is 0.208 e. The Hall–Kier alpha value is -1.66. The Morgan fingerprint density at radius 3 is 2.94 bits per heavy atom. The number of hydrogen-bond acceptors (Lipinski definition) is 4. The molecule has 5 nitrogen and oxygen atoms in total. The van der Waals surface area contributed by atoms with Crippen molar-refractivity contribution in [2.45, 2.75) is 0 Å². The molecule has 18 heavy (non-hydrogen) atoms. The normalized spacial score (nSPS) is 11.6. The maximum absolute atomic E-state index is 10.8. The second-order valence-corrected chi connectivity index (χ2v) is 5.71. The van der Waals surface area contributed by atoms with Crippen molar-refractivity contribution in [2.24, 2.45) is 0 Å². The van der Waals surface area contributed by atoms with Crippen LogP contribution < -0.4 is 9.46 Å². The number of hydrogen-bond donors (Lipinski definition) is 1. The van der Waals surface area contributed by atoms with E-state index in [1.54, 1.807) is 6.20 Å². The zero-order valence-corrected chi connectivity index (χ0v) is 10.8. The van der Waals surface area contributed by atoms with Crippen molar-refractivity contribution in [1.82, 2.24) is 9.71 Å². The van der Waals surface area contributed by atoms with Gasteiger partial charge in [-0.1, -0.05) is 6.07 Å². The van der Waals surface area contributed by atoms with Gasteiger partial charge in [0.2, 0.25) is 10.0 Å². The molecule has 1 heterocycles. The predicted octanol–water partition coefficient (Wildman–Crippen LogP) is 1.16. The Balaban J connectivity index is 1.96. The van der Waals surface area contributed by atoms with Crippen LogP contribution in [-0.2, 0) is 10.0 Å². The number of aromatic nitrogens is 1. The van der Waals surface area contributed by atoms with Crippen LogP contribution in [0.1, 0.15) is 0 Å². The van der Waals surface area contributed by atoms with E-state index in [9.17, 15) is 8.42 Å². The zero-order valence-electron chi connectivity index (χ0n) is 9.96. The summed E-state index contributed by atoms with van der Waals surface area (Å²) in [6.45, 7) is 0.544. The van der Waals surface area contributed by atoms with Crippen molar-refractivity contribution < 1.29 is 13.2 Å². The van der Waals surface area contributed by atoms with E-state index in [0.717, 1.165) is 17.2 Å². The lowest BCUT2D eigenvalue weighted by Gasteiger charge is -2.07. The Labute approximate surface area is 106 Å². The van der Waals surface area contributed by atoms with Gasteiger partial charge in [-0.15, -0.1) is 0 Å². The number of fused-ring (bicyclic) bond motifs is 1. The monoisotopic (exact) mass is 266 g/mol. The fourth-order valence-electron chi connectivity index (χ4n) is 1.54. The van der Waals surface area contributed by atoms with Crippen molar-refractivity contribution in [3.63, 3.8) is 0 Å². The van der Waals surface area contributed by atoms with Crippen LogP contribution in [0.5, 0.6) is 5.75 Å². The van der Waals surface area contributed by atoms with Crippen molar-refractivity contribution in [3.05, 3.63) is 36.5 Å². The largest absolute Gasteiger partial charge is 0.492 e. The van der Waals surface area contributed by atoms with Crippen molar-refractivity contribution >= 4 is 20.9 Å². The molecule has 0 unspecified atom stereocenters. The molecular formula is C12H14N2O3S. The van der Waals surface area contributed by atoms with Gasteiger partial charge in [0.1, 0.15) is 12.4 Å². The molecule has 0 amide bonds. The highest BCUT2D eigenvalue weighted by Crippen LogP contribution is 2.18. The number of sulfonamides is 1. The highest BCUT2D eigenvalue weighted by Gasteiger charge is 2.00. The summed E-state index contributed by atoms with van der Waals surface area (Å²) in [6.07, 6.45) is 2.85. The Morgan fingerprint density at radius 2 is 2.17 bits per heavy atom. The van der Waals surface area contributed by atoms with Gasteiger partial charge in [-0.3, -0.25) is 4.98 Å². The van der Waals surface area contributed by atoms with Crippen LogP contribution in [0.15, 0.2) is 36.5 Å². The van der Waals surface area contributed by atoms with E-state index in [1.807, 2.05) is 30.3 Å². The Kier molecular flexibility index (Phi) is 3.78. The molecule has 0 atom stereocenters. The first-order chi connectivity index (χ1) is 8.54. The molecule has 0 radical (unpaired) electrons. The van der Waals surface area contributed by atoms with Gasteiger partial charge < -0.3 is 4.74 Å². The third-order valence-electron chi connectivity index (χ3n) is 2.31. The van der Waals surface area contributed by atoms with Crippen molar-refractivity contribution in [3.8, 4) is 5.75 Å². The minimum absolute atomic E-state index is 0.254. The molecular weight excluding hydrogens is 252 g/mol. The summed E-state index contributed by atoms with van der Waals surface area (Å²) in [4.78, 5) is 4.20. The maximum atomic E-state index is 10.8. The highest BCUT2D eigenvalue weighted by molar-refractivity contribution is 7.88. The average molecular weight is 266 g/mol. The fraction of sp³-hybridized carbons (Fsp3) is 0.250. The molecule has 1 aromatic heterocycles. The lowest BCUT2D eigenvalue weighted by molar-refractivity contribution is 0.323. The van der Waals surface area contributed by atoms with Crippen LogP contribution in [0.2, 0.25) is 0 Å². The molecule has 0 saturated carbocycles. The second-order valence-electron chi connectivity index (χ2n) is 3.87. The van der Waals surface area contributed by atoms with E-state index in [-0.39, 0.29) is 6.54 Å². The summed E-state index contributed by atoms with van der Waals surface area (Å²) in [7, 11) is -3.15. The summed E-state index contributed by atoms with van der Waals surface area (Å²) in [5.74, 6) is 0.700. The van der Waals surface area contributed by atoms with Gasteiger partial charge in [0.15, 0.2) is 0 Å². The fourth-order valence-corrected chi connectivity index (χ4v) is 1.99. The second kappa shape index (κ2) is 5.32. The first kappa shape index (κ1) is 12.8. The minimum atomic E-state index is -3.15. The Morgan fingerprint density at radius 1 is 1.33 bits per heavy atom. The van der Waals surface area contributed by atoms with E-state index < -0.39 is 10.0 Å². The topological polar surface area (TPSA) is 68.3 Å². The minimum Gasteiger partial charge on any atom is -0.492 e. The summed E-state index contributed by atoms with van der Waals surface area (Å²) < 4.78 is 29.5. The average Bonchev–Trinajstić information content (AvgIpc) is 2.33. The van der Waals surface area contributed by atoms with Gasteiger partial charge in [0.25, 0.3) is 0 Å². The quantitative estimate of drug-likeness (QED) is 0.825. The number of pyridine rings is 1. The number of ether oxygens (including phenoxy) is 1. The molecule has 1 aromatic carbocycles. The van der Waals surface area contributed by atoms with Crippen LogP contribution in [0.25, 0.3) is 10.9 Å². The van der Waals surface area contributed by atoms with Crippen molar-refractivity contribution in [1.29, 1.82) is 0 Å². The molecule has 0 saturated heterocycles. The van der Waals surface area contributed by atoms with E-state index in [1.165, 1.54) is 0 Å². The lowest BCUT2D eigenvalue weighted by Crippen LogP contribution is -2.26.